The number of hydrogen-bond donors (Lipinski definition) is 1. The standard InChI is InChI=1S/C16H17N3O3/c1-3-19(10-12-6-4-11(2)5-7-12)15(20)13-8-18-14(9-17-13)16(21)22/h4-9H,3,10H2,1-2H3,(H,21,22). The zero-order chi connectivity index (χ0) is 16.1. The molecule has 0 aliphatic heterocycles. The van der Waals surface area contributed by atoms with Crippen molar-refractivity contribution in [3.63, 3.8) is 0 Å². The van der Waals surface area contributed by atoms with Crippen molar-refractivity contribution in [3.8, 4) is 0 Å². The highest BCUT2D eigenvalue weighted by atomic mass is 16.4. The molecule has 0 spiro atoms. The Morgan fingerprint density at radius 2 is 1.68 bits per heavy atom. The van der Waals surface area contributed by atoms with Gasteiger partial charge in [0.2, 0.25) is 0 Å². The predicted octanol–water partition coefficient (Wildman–Crippen LogP) is 2.15. The van der Waals surface area contributed by atoms with Gasteiger partial charge >= 0.3 is 5.97 Å². The van der Waals surface area contributed by atoms with E-state index in [1.54, 1.807) is 4.90 Å². The molecule has 0 radical (unpaired) electrons. The fraction of sp³-hybridized carbons (Fsp3) is 0.250. The fourth-order valence-corrected chi connectivity index (χ4v) is 1.95. The second kappa shape index (κ2) is 6.80. The van der Waals surface area contributed by atoms with Crippen LogP contribution in [-0.4, -0.2) is 38.4 Å². The van der Waals surface area contributed by atoms with Gasteiger partial charge in [-0.15, -0.1) is 0 Å². The molecule has 6 nitrogen and oxygen atoms in total. The first-order chi connectivity index (χ1) is 10.5. The Bertz CT molecular complexity index is 666. The van der Waals surface area contributed by atoms with E-state index in [-0.39, 0.29) is 17.3 Å². The van der Waals surface area contributed by atoms with Crippen molar-refractivity contribution in [1.29, 1.82) is 0 Å². The molecule has 2 aromatic rings. The average Bonchev–Trinajstić information content (AvgIpc) is 2.53. The van der Waals surface area contributed by atoms with E-state index >= 15 is 0 Å². The predicted molar refractivity (Wildman–Crippen MR) is 80.6 cm³/mol. The molecule has 0 atom stereocenters. The summed E-state index contributed by atoms with van der Waals surface area (Å²) in [7, 11) is 0. The summed E-state index contributed by atoms with van der Waals surface area (Å²) in [5, 5.41) is 8.79. The highest BCUT2D eigenvalue weighted by Crippen LogP contribution is 2.10. The lowest BCUT2D eigenvalue weighted by Crippen LogP contribution is -2.31. The zero-order valence-corrected chi connectivity index (χ0v) is 12.5. The molecule has 1 N–H and O–H groups in total. The summed E-state index contributed by atoms with van der Waals surface area (Å²) in [6.07, 6.45) is 2.29. The van der Waals surface area contributed by atoms with E-state index in [4.69, 9.17) is 5.11 Å². The Labute approximate surface area is 128 Å². The number of carboxylic acids is 1. The molecule has 0 bridgehead atoms. The van der Waals surface area contributed by atoms with Crippen LogP contribution in [0.4, 0.5) is 0 Å². The van der Waals surface area contributed by atoms with Gasteiger partial charge in [-0.05, 0) is 19.4 Å². The second-order valence-electron chi connectivity index (χ2n) is 4.90. The summed E-state index contributed by atoms with van der Waals surface area (Å²) in [4.78, 5) is 32.4. The first-order valence-electron chi connectivity index (χ1n) is 6.91. The summed E-state index contributed by atoms with van der Waals surface area (Å²) in [5.74, 6) is -1.44. The Hall–Kier alpha value is -2.76. The van der Waals surface area contributed by atoms with Crippen molar-refractivity contribution in [1.82, 2.24) is 14.9 Å². The molecule has 0 fully saturated rings. The van der Waals surface area contributed by atoms with Crippen LogP contribution in [0, 0.1) is 6.92 Å². The van der Waals surface area contributed by atoms with Crippen LogP contribution in [0.3, 0.4) is 0 Å². The van der Waals surface area contributed by atoms with Gasteiger partial charge in [-0.25, -0.2) is 14.8 Å². The summed E-state index contributed by atoms with van der Waals surface area (Å²) in [5.41, 5.74) is 2.14. The number of nitrogens with zero attached hydrogens (tertiary/aromatic N) is 3. The van der Waals surface area contributed by atoms with Gasteiger partial charge in [-0.2, -0.15) is 0 Å². The number of hydrogen-bond acceptors (Lipinski definition) is 4. The van der Waals surface area contributed by atoms with Crippen LogP contribution in [0.5, 0.6) is 0 Å². The van der Waals surface area contributed by atoms with Crippen molar-refractivity contribution in [3.05, 3.63) is 59.2 Å². The molecule has 0 unspecified atom stereocenters. The molecule has 0 saturated heterocycles. The van der Waals surface area contributed by atoms with Crippen molar-refractivity contribution in [2.45, 2.75) is 20.4 Å². The molecule has 2 rings (SSSR count). The highest BCUT2D eigenvalue weighted by Gasteiger charge is 2.17. The van der Waals surface area contributed by atoms with Gasteiger partial charge in [0.05, 0.1) is 12.4 Å². The first kappa shape index (κ1) is 15.6. The number of rotatable bonds is 5. The van der Waals surface area contributed by atoms with E-state index in [1.807, 2.05) is 38.1 Å². The van der Waals surface area contributed by atoms with Gasteiger partial charge in [0, 0.05) is 13.1 Å². The first-order valence-corrected chi connectivity index (χ1v) is 6.91. The quantitative estimate of drug-likeness (QED) is 0.914. The molecule has 1 amide bonds. The second-order valence-corrected chi connectivity index (χ2v) is 4.90. The van der Waals surface area contributed by atoms with Crippen LogP contribution in [0.15, 0.2) is 36.7 Å². The number of aromatic nitrogens is 2. The maximum absolute atomic E-state index is 12.4. The zero-order valence-electron chi connectivity index (χ0n) is 12.5. The van der Waals surface area contributed by atoms with E-state index < -0.39 is 5.97 Å². The molecule has 0 saturated carbocycles. The van der Waals surface area contributed by atoms with Crippen LogP contribution in [0.1, 0.15) is 39.0 Å². The summed E-state index contributed by atoms with van der Waals surface area (Å²) in [6, 6.07) is 7.94. The monoisotopic (exact) mass is 299 g/mol. The van der Waals surface area contributed by atoms with Gasteiger partial charge < -0.3 is 10.0 Å². The molecular formula is C16H17N3O3. The molecule has 0 aliphatic rings. The van der Waals surface area contributed by atoms with Gasteiger partial charge in [-0.3, -0.25) is 4.79 Å². The number of carbonyl (C=O) groups is 2. The smallest absolute Gasteiger partial charge is 0.356 e. The Balaban J connectivity index is 2.14. The van der Waals surface area contributed by atoms with Gasteiger partial charge in [0.15, 0.2) is 5.69 Å². The maximum Gasteiger partial charge on any atom is 0.356 e. The normalized spacial score (nSPS) is 10.3. The van der Waals surface area contributed by atoms with Crippen LogP contribution in [0.25, 0.3) is 0 Å². The molecule has 22 heavy (non-hydrogen) atoms. The van der Waals surface area contributed by atoms with Crippen molar-refractivity contribution in [2.24, 2.45) is 0 Å². The Kier molecular flexibility index (Phi) is 4.83. The lowest BCUT2D eigenvalue weighted by atomic mass is 10.1. The number of amides is 1. The van der Waals surface area contributed by atoms with Gasteiger partial charge in [0.25, 0.3) is 5.91 Å². The van der Waals surface area contributed by atoms with Crippen molar-refractivity contribution >= 4 is 11.9 Å². The molecule has 0 aliphatic carbocycles. The van der Waals surface area contributed by atoms with Crippen LogP contribution in [-0.2, 0) is 6.54 Å². The van der Waals surface area contributed by atoms with Gasteiger partial charge in [-0.1, -0.05) is 29.8 Å². The minimum atomic E-state index is -1.17. The molecule has 6 heteroatoms. The third-order valence-electron chi connectivity index (χ3n) is 3.25. The average molecular weight is 299 g/mol. The molecule has 1 aromatic carbocycles. The molecular weight excluding hydrogens is 282 g/mol. The summed E-state index contributed by atoms with van der Waals surface area (Å²) < 4.78 is 0. The summed E-state index contributed by atoms with van der Waals surface area (Å²) >= 11 is 0. The molecule has 114 valence electrons. The van der Waals surface area contributed by atoms with E-state index in [0.717, 1.165) is 17.3 Å². The minimum Gasteiger partial charge on any atom is -0.476 e. The Morgan fingerprint density at radius 3 is 2.18 bits per heavy atom. The Morgan fingerprint density at radius 1 is 1.09 bits per heavy atom. The lowest BCUT2D eigenvalue weighted by Gasteiger charge is -2.20. The van der Waals surface area contributed by atoms with Crippen LogP contribution in [0.2, 0.25) is 0 Å². The van der Waals surface area contributed by atoms with Crippen LogP contribution < -0.4 is 0 Å². The fourth-order valence-electron chi connectivity index (χ4n) is 1.95. The lowest BCUT2D eigenvalue weighted by molar-refractivity contribution is 0.0685. The minimum absolute atomic E-state index is 0.138. The maximum atomic E-state index is 12.4. The highest BCUT2D eigenvalue weighted by molar-refractivity contribution is 5.92. The number of carboxylic acid groups (broad SMARTS) is 1. The van der Waals surface area contributed by atoms with Crippen molar-refractivity contribution < 1.29 is 14.7 Å². The van der Waals surface area contributed by atoms with Crippen molar-refractivity contribution in [2.75, 3.05) is 6.54 Å². The summed E-state index contributed by atoms with van der Waals surface area (Å²) in [6.45, 7) is 4.88. The number of carbonyl (C=O) groups excluding carboxylic acids is 1. The number of aromatic carboxylic acids is 1. The SMILES string of the molecule is CCN(Cc1ccc(C)cc1)C(=O)c1cnc(C(=O)O)cn1. The largest absolute Gasteiger partial charge is 0.476 e. The van der Waals surface area contributed by atoms with E-state index in [2.05, 4.69) is 9.97 Å². The van der Waals surface area contributed by atoms with E-state index in [9.17, 15) is 9.59 Å². The molecule has 1 aromatic heterocycles. The third-order valence-corrected chi connectivity index (χ3v) is 3.25. The topological polar surface area (TPSA) is 83.4 Å². The number of aryl methyl sites for hydroxylation is 1. The third kappa shape index (κ3) is 3.66. The number of benzene rings is 1. The van der Waals surface area contributed by atoms with Gasteiger partial charge in [0.1, 0.15) is 5.69 Å². The van der Waals surface area contributed by atoms with E-state index in [0.29, 0.717) is 13.1 Å². The molecule has 1 heterocycles. The van der Waals surface area contributed by atoms with E-state index in [1.165, 1.54) is 6.20 Å². The van der Waals surface area contributed by atoms with Crippen LogP contribution >= 0.6 is 0 Å².